The minimum atomic E-state index is -0.675. The maximum absolute atomic E-state index is 12.6. The second kappa shape index (κ2) is 6.05. The van der Waals surface area contributed by atoms with E-state index in [2.05, 4.69) is 4.98 Å². The first-order chi connectivity index (χ1) is 11.1. The van der Waals surface area contributed by atoms with Crippen molar-refractivity contribution in [2.24, 2.45) is 5.73 Å². The van der Waals surface area contributed by atoms with Gasteiger partial charge < -0.3 is 10.5 Å². The monoisotopic (exact) mass is 327 g/mol. The number of amides is 1. The molecule has 3 rings (SSSR count). The molecule has 0 unspecified atom stereocenters. The topological polar surface area (TPSA) is 87.2 Å². The third kappa shape index (κ3) is 2.62. The van der Waals surface area contributed by atoms with E-state index in [4.69, 9.17) is 10.5 Å². The van der Waals surface area contributed by atoms with E-state index in [9.17, 15) is 9.59 Å². The molecule has 0 bridgehead atoms. The number of hydrogen-bond acceptors (Lipinski definition) is 5. The van der Waals surface area contributed by atoms with Gasteiger partial charge >= 0.3 is 0 Å². The molecule has 2 heterocycles. The average molecular weight is 327 g/mol. The SMILES string of the molecule is COc1cc(=O)n(-c2nccs2)c(-c2ccccc2)c1C(N)=O. The zero-order valence-corrected chi connectivity index (χ0v) is 13.0. The van der Waals surface area contributed by atoms with Crippen LogP contribution in [-0.4, -0.2) is 22.6 Å². The summed E-state index contributed by atoms with van der Waals surface area (Å²) in [5.41, 5.74) is 6.40. The van der Waals surface area contributed by atoms with Gasteiger partial charge in [-0.2, -0.15) is 0 Å². The van der Waals surface area contributed by atoms with E-state index in [-0.39, 0.29) is 16.9 Å². The van der Waals surface area contributed by atoms with Crippen LogP contribution in [0.2, 0.25) is 0 Å². The lowest BCUT2D eigenvalue weighted by Crippen LogP contribution is -2.25. The van der Waals surface area contributed by atoms with Gasteiger partial charge in [-0.05, 0) is 5.56 Å². The summed E-state index contributed by atoms with van der Waals surface area (Å²) < 4.78 is 6.57. The number of carbonyl (C=O) groups excluding carboxylic acids is 1. The molecule has 3 aromatic rings. The number of hydrogen-bond donors (Lipinski definition) is 1. The molecular weight excluding hydrogens is 314 g/mol. The van der Waals surface area contributed by atoms with E-state index in [1.807, 2.05) is 18.2 Å². The summed E-state index contributed by atoms with van der Waals surface area (Å²) in [5, 5.41) is 2.21. The van der Waals surface area contributed by atoms with Crippen LogP contribution in [0.5, 0.6) is 5.75 Å². The van der Waals surface area contributed by atoms with Crippen LogP contribution in [0.4, 0.5) is 0 Å². The van der Waals surface area contributed by atoms with Crippen molar-refractivity contribution in [2.75, 3.05) is 7.11 Å². The number of nitrogens with zero attached hydrogens (tertiary/aromatic N) is 2. The highest BCUT2D eigenvalue weighted by Gasteiger charge is 2.23. The van der Waals surface area contributed by atoms with Gasteiger partial charge in [-0.3, -0.25) is 14.2 Å². The number of thiazole rings is 1. The maximum Gasteiger partial charge on any atom is 0.261 e. The lowest BCUT2D eigenvalue weighted by Gasteiger charge is -2.16. The number of nitrogens with two attached hydrogens (primary N) is 1. The normalized spacial score (nSPS) is 10.5. The van der Waals surface area contributed by atoms with Crippen molar-refractivity contribution in [1.29, 1.82) is 0 Å². The molecule has 0 aliphatic carbocycles. The Morgan fingerprint density at radius 3 is 2.61 bits per heavy atom. The quantitative estimate of drug-likeness (QED) is 0.794. The van der Waals surface area contributed by atoms with Crippen LogP contribution in [-0.2, 0) is 0 Å². The first-order valence-corrected chi connectivity index (χ1v) is 7.60. The standard InChI is InChI=1S/C16H13N3O3S/c1-22-11-9-12(20)19(16-18-7-8-23-16)14(13(11)15(17)21)10-5-3-2-4-6-10/h2-9H,1H3,(H2,17,21). The molecule has 23 heavy (non-hydrogen) atoms. The van der Waals surface area contributed by atoms with E-state index in [0.29, 0.717) is 16.4 Å². The fourth-order valence-corrected chi connectivity index (χ4v) is 3.02. The van der Waals surface area contributed by atoms with Crippen LogP contribution in [0.25, 0.3) is 16.4 Å². The van der Waals surface area contributed by atoms with Crippen molar-refractivity contribution in [3.8, 4) is 22.1 Å². The Kier molecular flexibility index (Phi) is 3.94. The fraction of sp³-hybridized carbons (Fsp3) is 0.0625. The van der Waals surface area contributed by atoms with Crippen LogP contribution in [0, 0.1) is 0 Å². The van der Waals surface area contributed by atoms with E-state index in [1.165, 1.54) is 29.1 Å². The van der Waals surface area contributed by atoms with E-state index >= 15 is 0 Å². The van der Waals surface area contributed by atoms with Gasteiger partial charge in [0.25, 0.3) is 11.5 Å². The van der Waals surface area contributed by atoms with Gasteiger partial charge in [0.1, 0.15) is 11.3 Å². The van der Waals surface area contributed by atoms with Crippen LogP contribution < -0.4 is 16.0 Å². The molecule has 0 spiro atoms. The third-order valence-electron chi connectivity index (χ3n) is 3.31. The zero-order valence-electron chi connectivity index (χ0n) is 12.2. The molecule has 0 saturated carbocycles. The average Bonchev–Trinajstić information content (AvgIpc) is 3.08. The molecule has 1 aromatic carbocycles. The Bertz CT molecular complexity index is 902. The number of benzene rings is 1. The molecule has 116 valence electrons. The van der Waals surface area contributed by atoms with Crippen molar-refractivity contribution >= 4 is 17.2 Å². The van der Waals surface area contributed by atoms with E-state index in [1.54, 1.807) is 23.7 Å². The predicted octanol–water partition coefficient (Wildman–Crippen LogP) is 2.07. The van der Waals surface area contributed by atoms with Crippen LogP contribution in [0.1, 0.15) is 10.4 Å². The van der Waals surface area contributed by atoms with Crippen molar-refractivity contribution in [3.63, 3.8) is 0 Å². The Balaban J connectivity index is 2.47. The highest BCUT2D eigenvalue weighted by Crippen LogP contribution is 2.31. The van der Waals surface area contributed by atoms with E-state index in [0.717, 1.165) is 0 Å². The molecule has 0 saturated heterocycles. The highest BCUT2D eigenvalue weighted by molar-refractivity contribution is 7.12. The molecule has 0 aliphatic rings. The second-order valence-electron chi connectivity index (χ2n) is 4.65. The number of primary amides is 1. The van der Waals surface area contributed by atoms with Crippen LogP contribution in [0.3, 0.4) is 0 Å². The highest BCUT2D eigenvalue weighted by atomic mass is 32.1. The summed E-state index contributed by atoms with van der Waals surface area (Å²) in [7, 11) is 1.39. The number of aromatic nitrogens is 2. The number of rotatable bonds is 4. The van der Waals surface area contributed by atoms with Gasteiger partial charge in [-0.25, -0.2) is 4.98 Å². The molecule has 0 aliphatic heterocycles. The molecule has 6 nitrogen and oxygen atoms in total. The number of carbonyl (C=O) groups is 1. The van der Waals surface area contributed by atoms with E-state index < -0.39 is 5.91 Å². The predicted molar refractivity (Wildman–Crippen MR) is 88.2 cm³/mol. The second-order valence-corrected chi connectivity index (χ2v) is 5.53. The van der Waals surface area contributed by atoms with Gasteiger partial charge in [0.2, 0.25) is 0 Å². The lowest BCUT2D eigenvalue weighted by atomic mass is 10.0. The van der Waals surface area contributed by atoms with Crippen LogP contribution in [0.15, 0.2) is 52.8 Å². The molecule has 2 N–H and O–H groups in total. The lowest BCUT2D eigenvalue weighted by molar-refractivity contribution is 0.0997. The Morgan fingerprint density at radius 1 is 1.30 bits per heavy atom. The molecule has 0 fully saturated rings. The minimum Gasteiger partial charge on any atom is -0.496 e. The Labute approximate surface area is 135 Å². The first kappa shape index (κ1) is 15.0. The number of pyridine rings is 1. The third-order valence-corrected chi connectivity index (χ3v) is 4.06. The summed E-state index contributed by atoms with van der Waals surface area (Å²) in [4.78, 5) is 28.8. The summed E-state index contributed by atoms with van der Waals surface area (Å²) in [6.45, 7) is 0. The van der Waals surface area contributed by atoms with Crippen molar-refractivity contribution in [3.05, 3.63) is 63.9 Å². The largest absolute Gasteiger partial charge is 0.496 e. The first-order valence-electron chi connectivity index (χ1n) is 6.72. The molecule has 0 radical (unpaired) electrons. The molecule has 2 aromatic heterocycles. The smallest absolute Gasteiger partial charge is 0.261 e. The number of ether oxygens (including phenoxy) is 1. The van der Waals surface area contributed by atoms with Gasteiger partial charge in [0.15, 0.2) is 5.13 Å². The van der Waals surface area contributed by atoms with Gasteiger partial charge in [-0.1, -0.05) is 30.3 Å². The van der Waals surface area contributed by atoms with Crippen LogP contribution >= 0.6 is 11.3 Å². The Hall–Kier alpha value is -2.93. The maximum atomic E-state index is 12.6. The summed E-state index contributed by atoms with van der Waals surface area (Å²) in [5.74, 6) is -0.528. The van der Waals surface area contributed by atoms with Gasteiger partial charge in [0.05, 0.1) is 12.8 Å². The summed E-state index contributed by atoms with van der Waals surface area (Å²) >= 11 is 1.29. The van der Waals surface area contributed by atoms with Crippen molar-refractivity contribution in [1.82, 2.24) is 9.55 Å². The van der Waals surface area contributed by atoms with Crippen molar-refractivity contribution in [2.45, 2.75) is 0 Å². The zero-order chi connectivity index (χ0) is 16.4. The van der Waals surface area contributed by atoms with Gasteiger partial charge in [-0.15, -0.1) is 11.3 Å². The number of methoxy groups -OCH3 is 1. The molecule has 7 heteroatoms. The fourth-order valence-electron chi connectivity index (χ4n) is 2.37. The molecular formula is C16H13N3O3S. The minimum absolute atomic E-state index is 0.147. The summed E-state index contributed by atoms with van der Waals surface area (Å²) in [6.07, 6.45) is 1.59. The van der Waals surface area contributed by atoms with Gasteiger partial charge in [0, 0.05) is 17.6 Å². The molecule has 1 amide bonds. The molecule has 0 atom stereocenters. The Morgan fingerprint density at radius 2 is 2.04 bits per heavy atom. The summed E-state index contributed by atoms with van der Waals surface area (Å²) in [6, 6.07) is 10.3. The van der Waals surface area contributed by atoms with Crippen molar-refractivity contribution < 1.29 is 9.53 Å².